The summed E-state index contributed by atoms with van der Waals surface area (Å²) in [4.78, 5) is 13.9. The number of likely N-dealkylation sites (tertiary alicyclic amines) is 1. The number of rotatable bonds is 7. The molecule has 0 saturated carbocycles. The van der Waals surface area contributed by atoms with Crippen molar-refractivity contribution in [1.29, 1.82) is 0 Å². The maximum Gasteiger partial charge on any atom is 0.222 e. The zero-order valence-corrected chi connectivity index (χ0v) is 11.1. The van der Waals surface area contributed by atoms with Crippen molar-refractivity contribution in [3.8, 4) is 0 Å². The molecule has 0 radical (unpaired) electrons. The molecule has 0 bridgehead atoms. The van der Waals surface area contributed by atoms with E-state index in [0.29, 0.717) is 12.3 Å². The monoisotopic (exact) mass is 238 g/mol. The molecule has 0 atom stereocenters. The molecule has 1 N–H and O–H groups in total. The molecule has 0 aromatic heterocycles. The Bertz CT molecular complexity index is 232. The Morgan fingerprint density at radius 2 is 2.18 bits per heavy atom. The molecule has 0 aromatic rings. The smallest absolute Gasteiger partial charge is 0.222 e. The van der Waals surface area contributed by atoms with E-state index in [9.17, 15) is 4.79 Å². The summed E-state index contributed by atoms with van der Waals surface area (Å²) in [5, 5.41) is 3.39. The predicted octanol–water partition coefficient (Wildman–Crippen LogP) is 2.19. The fourth-order valence-electron chi connectivity index (χ4n) is 2.29. The summed E-state index contributed by atoms with van der Waals surface area (Å²) in [6.07, 6.45) is 6.77. The maximum atomic E-state index is 11.9. The lowest BCUT2D eigenvalue weighted by molar-refractivity contribution is -0.132. The third-order valence-electron chi connectivity index (χ3n) is 3.45. The third kappa shape index (κ3) is 5.35. The van der Waals surface area contributed by atoms with Crippen molar-refractivity contribution < 1.29 is 4.79 Å². The summed E-state index contributed by atoms with van der Waals surface area (Å²) in [6.45, 7) is 9.86. The second-order valence-corrected chi connectivity index (χ2v) is 4.81. The number of allylic oxidation sites excluding steroid dienone is 1. The van der Waals surface area contributed by atoms with Crippen LogP contribution in [-0.2, 0) is 4.79 Å². The van der Waals surface area contributed by atoms with Crippen LogP contribution < -0.4 is 5.32 Å². The molecular weight excluding hydrogens is 212 g/mol. The van der Waals surface area contributed by atoms with Gasteiger partial charge in [-0.2, -0.15) is 0 Å². The van der Waals surface area contributed by atoms with E-state index >= 15 is 0 Å². The molecule has 3 nitrogen and oxygen atoms in total. The highest BCUT2D eigenvalue weighted by Gasteiger charge is 2.21. The lowest BCUT2D eigenvalue weighted by Gasteiger charge is -2.32. The fourth-order valence-corrected chi connectivity index (χ4v) is 2.29. The minimum absolute atomic E-state index is 0.328. The van der Waals surface area contributed by atoms with Gasteiger partial charge in [-0.15, -0.1) is 6.58 Å². The molecule has 3 heteroatoms. The SMILES string of the molecule is C=CCCCC(=O)N1CCC(CNCC)CC1. The molecular formula is C14H26N2O. The van der Waals surface area contributed by atoms with Crippen molar-refractivity contribution in [1.82, 2.24) is 10.2 Å². The van der Waals surface area contributed by atoms with Gasteiger partial charge in [0.05, 0.1) is 0 Å². The van der Waals surface area contributed by atoms with Gasteiger partial charge in [-0.1, -0.05) is 13.0 Å². The summed E-state index contributed by atoms with van der Waals surface area (Å²) in [7, 11) is 0. The van der Waals surface area contributed by atoms with Gasteiger partial charge in [0, 0.05) is 19.5 Å². The zero-order chi connectivity index (χ0) is 12.5. The minimum Gasteiger partial charge on any atom is -0.343 e. The lowest BCUT2D eigenvalue weighted by Crippen LogP contribution is -2.40. The number of carbonyl (C=O) groups excluding carboxylic acids is 1. The molecule has 1 saturated heterocycles. The molecule has 1 aliphatic heterocycles. The number of hydrogen-bond donors (Lipinski definition) is 1. The lowest BCUT2D eigenvalue weighted by atomic mass is 9.96. The largest absolute Gasteiger partial charge is 0.343 e. The van der Waals surface area contributed by atoms with E-state index in [4.69, 9.17) is 0 Å². The molecule has 0 aromatic carbocycles. The molecule has 98 valence electrons. The van der Waals surface area contributed by atoms with E-state index < -0.39 is 0 Å². The van der Waals surface area contributed by atoms with Gasteiger partial charge in [-0.25, -0.2) is 0 Å². The Morgan fingerprint density at radius 3 is 2.76 bits per heavy atom. The first-order valence-electron chi connectivity index (χ1n) is 6.87. The van der Waals surface area contributed by atoms with Crippen LogP contribution in [-0.4, -0.2) is 37.0 Å². The number of unbranched alkanes of at least 4 members (excludes halogenated alkanes) is 1. The van der Waals surface area contributed by atoms with Gasteiger partial charge in [-0.05, 0) is 44.7 Å². The molecule has 1 fully saturated rings. The second-order valence-electron chi connectivity index (χ2n) is 4.81. The van der Waals surface area contributed by atoms with Crippen molar-refractivity contribution in [3.63, 3.8) is 0 Å². The highest BCUT2D eigenvalue weighted by Crippen LogP contribution is 2.17. The standard InChI is InChI=1S/C14H26N2O/c1-3-5-6-7-14(17)16-10-8-13(9-11-16)12-15-4-2/h3,13,15H,1,4-12H2,2H3. The number of piperidine rings is 1. The number of amides is 1. The van der Waals surface area contributed by atoms with Crippen LogP contribution in [0, 0.1) is 5.92 Å². The molecule has 0 unspecified atom stereocenters. The van der Waals surface area contributed by atoms with E-state index in [2.05, 4.69) is 18.8 Å². The van der Waals surface area contributed by atoms with Crippen LogP contribution in [0.15, 0.2) is 12.7 Å². The van der Waals surface area contributed by atoms with Crippen LogP contribution in [0.4, 0.5) is 0 Å². The maximum absolute atomic E-state index is 11.9. The summed E-state index contributed by atoms with van der Waals surface area (Å²) in [6, 6.07) is 0. The van der Waals surface area contributed by atoms with Crippen LogP contribution in [0.3, 0.4) is 0 Å². The third-order valence-corrected chi connectivity index (χ3v) is 3.45. The molecule has 0 aliphatic carbocycles. The van der Waals surface area contributed by atoms with Gasteiger partial charge < -0.3 is 10.2 Å². The minimum atomic E-state index is 0.328. The summed E-state index contributed by atoms with van der Waals surface area (Å²) in [5.74, 6) is 1.08. The highest BCUT2D eigenvalue weighted by molar-refractivity contribution is 5.76. The molecule has 17 heavy (non-hydrogen) atoms. The van der Waals surface area contributed by atoms with Crippen molar-refractivity contribution in [2.45, 2.75) is 39.0 Å². The van der Waals surface area contributed by atoms with Gasteiger partial charge in [0.1, 0.15) is 0 Å². The summed E-state index contributed by atoms with van der Waals surface area (Å²) >= 11 is 0. The Balaban J connectivity index is 2.17. The van der Waals surface area contributed by atoms with Crippen LogP contribution in [0.25, 0.3) is 0 Å². The molecule has 0 spiro atoms. The van der Waals surface area contributed by atoms with Crippen LogP contribution in [0.1, 0.15) is 39.0 Å². The van der Waals surface area contributed by atoms with E-state index in [1.807, 2.05) is 11.0 Å². The summed E-state index contributed by atoms with van der Waals surface area (Å²) in [5.41, 5.74) is 0. The Hall–Kier alpha value is -0.830. The molecule has 1 aliphatic rings. The number of nitrogens with one attached hydrogen (secondary N) is 1. The first kappa shape index (κ1) is 14.2. The molecule has 1 rings (SSSR count). The van der Waals surface area contributed by atoms with Crippen LogP contribution >= 0.6 is 0 Å². The van der Waals surface area contributed by atoms with Crippen molar-refractivity contribution >= 4 is 5.91 Å². The predicted molar refractivity (Wildman–Crippen MR) is 71.9 cm³/mol. The Kier molecular flexibility index (Phi) is 6.94. The zero-order valence-electron chi connectivity index (χ0n) is 11.1. The average Bonchev–Trinajstić information content (AvgIpc) is 2.37. The van der Waals surface area contributed by atoms with Gasteiger partial charge in [0.15, 0.2) is 0 Å². The average molecular weight is 238 g/mol. The van der Waals surface area contributed by atoms with E-state index in [1.54, 1.807) is 0 Å². The van der Waals surface area contributed by atoms with Gasteiger partial charge in [-0.3, -0.25) is 4.79 Å². The van der Waals surface area contributed by atoms with E-state index in [1.165, 1.54) is 0 Å². The van der Waals surface area contributed by atoms with Crippen molar-refractivity contribution in [2.24, 2.45) is 5.92 Å². The van der Waals surface area contributed by atoms with Crippen molar-refractivity contribution in [2.75, 3.05) is 26.2 Å². The Morgan fingerprint density at radius 1 is 1.47 bits per heavy atom. The van der Waals surface area contributed by atoms with Gasteiger partial charge in [0.2, 0.25) is 5.91 Å². The normalized spacial score (nSPS) is 17.1. The van der Waals surface area contributed by atoms with Crippen LogP contribution in [0.2, 0.25) is 0 Å². The first-order chi connectivity index (χ1) is 8.27. The molecule has 1 amide bonds. The first-order valence-corrected chi connectivity index (χ1v) is 6.87. The van der Waals surface area contributed by atoms with Crippen molar-refractivity contribution in [3.05, 3.63) is 12.7 Å². The molecule has 1 heterocycles. The summed E-state index contributed by atoms with van der Waals surface area (Å²) < 4.78 is 0. The second kappa shape index (κ2) is 8.29. The van der Waals surface area contributed by atoms with E-state index in [-0.39, 0.29) is 0 Å². The number of nitrogens with zero attached hydrogens (tertiary/aromatic N) is 1. The number of hydrogen-bond acceptors (Lipinski definition) is 2. The van der Waals surface area contributed by atoms with Gasteiger partial charge in [0.25, 0.3) is 0 Å². The highest BCUT2D eigenvalue weighted by atomic mass is 16.2. The fraction of sp³-hybridized carbons (Fsp3) is 0.786. The Labute approximate surface area is 105 Å². The quantitative estimate of drug-likeness (QED) is 0.545. The topological polar surface area (TPSA) is 32.3 Å². The van der Waals surface area contributed by atoms with E-state index in [0.717, 1.165) is 57.8 Å². The number of carbonyl (C=O) groups is 1. The van der Waals surface area contributed by atoms with Crippen LogP contribution in [0.5, 0.6) is 0 Å². The van der Waals surface area contributed by atoms with Gasteiger partial charge >= 0.3 is 0 Å².